The second-order valence-corrected chi connectivity index (χ2v) is 9.32. The number of halogens is 2. The summed E-state index contributed by atoms with van der Waals surface area (Å²) in [7, 11) is 3.13. The number of benzene rings is 3. The third-order valence-corrected chi connectivity index (χ3v) is 6.55. The molecular formula is C25H20BrClN4O3S. The van der Waals surface area contributed by atoms with Gasteiger partial charge in [-0.25, -0.2) is 10.4 Å². The largest absolute Gasteiger partial charge is 0.496 e. The molecule has 0 saturated carbocycles. The number of nitrogens with one attached hydrogen (secondary N) is 2. The van der Waals surface area contributed by atoms with Crippen LogP contribution in [0.15, 0.2) is 75.6 Å². The first-order valence-corrected chi connectivity index (χ1v) is 12.4. The van der Waals surface area contributed by atoms with E-state index in [-0.39, 0.29) is 5.91 Å². The fourth-order valence-electron chi connectivity index (χ4n) is 3.12. The number of amides is 1. The Kier molecular flexibility index (Phi) is 8.02. The van der Waals surface area contributed by atoms with Crippen molar-refractivity contribution in [3.05, 3.63) is 86.7 Å². The second kappa shape index (κ2) is 11.4. The van der Waals surface area contributed by atoms with E-state index in [4.69, 9.17) is 21.1 Å². The highest BCUT2D eigenvalue weighted by Crippen LogP contribution is 2.32. The van der Waals surface area contributed by atoms with Crippen LogP contribution in [0.4, 0.5) is 10.8 Å². The maximum atomic E-state index is 12.5. The van der Waals surface area contributed by atoms with Gasteiger partial charge in [0.15, 0.2) is 5.13 Å². The molecule has 178 valence electrons. The molecule has 0 bridgehead atoms. The van der Waals surface area contributed by atoms with Crippen molar-refractivity contribution in [2.45, 2.75) is 0 Å². The van der Waals surface area contributed by atoms with Crippen molar-refractivity contribution in [1.29, 1.82) is 0 Å². The maximum absolute atomic E-state index is 12.5. The van der Waals surface area contributed by atoms with Gasteiger partial charge in [-0.05, 0) is 58.4 Å². The number of hydrogen-bond donors (Lipinski definition) is 2. The summed E-state index contributed by atoms with van der Waals surface area (Å²) in [6, 6.07) is 18.1. The standard InChI is InChI=1S/C25H20BrClN4O3S/c1-33-22-12-23(34-2)20(26)11-17(22)13-28-31-24(32)16-5-3-15(4-6-16)21-14-35-25(30-21)29-19-9-7-18(27)8-10-19/h3-14H,1-2H3,(H,29,30)(H,31,32)/b28-13-. The van der Waals surface area contributed by atoms with Crippen molar-refractivity contribution < 1.29 is 14.3 Å². The highest BCUT2D eigenvalue weighted by molar-refractivity contribution is 9.10. The molecule has 7 nitrogen and oxygen atoms in total. The zero-order chi connectivity index (χ0) is 24.8. The number of rotatable bonds is 8. The number of methoxy groups -OCH3 is 2. The summed E-state index contributed by atoms with van der Waals surface area (Å²) in [5.74, 6) is 0.874. The first-order chi connectivity index (χ1) is 17.0. The van der Waals surface area contributed by atoms with E-state index in [2.05, 4.69) is 36.8 Å². The molecule has 10 heteroatoms. The van der Waals surface area contributed by atoms with Gasteiger partial charge in [-0.15, -0.1) is 11.3 Å². The Balaban J connectivity index is 1.39. The fourth-order valence-corrected chi connectivity index (χ4v) is 4.51. The van der Waals surface area contributed by atoms with E-state index < -0.39 is 0 Å². The van der Waals surface area contributed by atoms with Crippen molar-refractivity contribution in [3.63, 3.8) is 0 Å². The predicted molar refractivity (Wildman–Crippen MR) is 145 cm³/mol. The smallest absolute Gasteiger partial charge is 0.271 e. The minimum Gasteiger partial charge on any atom is -0.496 e. The van der Waals surface area contributed by atoms with E-state index in [0.717, 1.165) is 26.5 Å². The number of aromatic nitrogens is 1. The molecule has 0 aliphatic rings. The molecule has 4 rings (SSSR count). The molecule has 4 aromatic rings. The molecule has 0 atom stereocenters. The molecule has 0 aliphatic heterocycles. The zero-order valence-corrected chi connectivity index (χ0v) is 21.9. The van der Waals surface area contributed by atoms with Crippen molar-refractivity contribution in [2.24, 2.45) is 5.10 Å². The molecule has 0 saturated heterocycles. The number of hydrazone groups is 1. The van der Waals surface area contributed by atoms with Gasteiger partial charge < -0.3 is 14.8 Å². The van der Waals surface area contributed by atoms with E-state index in [1.54, 1.807) is 38.5 Å². The van der Waals surface area contributed by atoms with Crippen molar-refractivity contribution in [3.8, 4) is 22.8 Å². The number of carbonyl (C=O) groups is 1. The molecule has 0 unspecified atom stereocenters. The SMILES string of the molecule is COc1cc(OC)c(/C=N\NC(=O)c2ccc(-c3csc(Nc4ccc(Cl)cc4)n3)cc2)cc1Br. The molecule has 0 aliphatic carbocycles. The Morgan fingerprint density at radius 3 is 2.46 bits per heavy atom. The van der Waals surface area contributed by atoms with E-state index in [1.165, 1.54) is 17.6 Å². The summed E-state index contributed by atoms with van der Waals surface area (Å²) in [6.45, 7) is 0. The van der Waals surface area contributed by atoms with Gasteiger partial charge in [-0.1, -0.05) is 23.7 Å². The van der Waals surface area contributed by atoms with E-state index in [1.807, 2.05) is 41.8 Å². The van der Waals surface area contributed by atoms with Gasteiger partial charge in [0, 0.05) is 38.8 Å². The lowest BCUT2D eigenvalue weighted by atomic mass is 10.1. The van der Waals surface area contributed by atoms with Crippen LogP contribution in [0.25, 0.3) is 11.3 Å². The average molecular weight is 572 g/mol. The van der Waals surface area contributed by atoms with Gasteiger partial charge in [-0.3, -0.25) is 4.79 Å². The molecular weight excluding hydrogens is 552 g/mol. The van der Waals surface area contributed by atoms with Crippen LogP contribution in [0.5, 0.6) is 11.5 Å². The highest BCUT2D eigenvalue weighted by atomic mass is 79.9. The summed E-state index contributed by atoms with van der Waals surface area (Å²) in [5, 5.41) is 10.7. The average Bonchev–Trinajstić information content (AvgIpc) is 3.34. The molecule has 35 heavy (non-hydrogen) atoms. The Labute approximate surface area is 219 Å². The van der Waals surface area contributed by atoms with Crippen LogP contribution in [0.3, 0.4) is 0 Å². The van der Waals surface area contributed by atoms with Crippen molar-refractivity contribution in [2.75, 3.05) is 19.5 Å². The third kappa shape index (κ3) is 6.19. The van der Waals surface area contributed by atoms with Crippen LogP contribution >= 0.6 is 38.9 Å². The molecule has 2 N–H and O–H groups in total. The first-order valence-electron chi connectivity index (χ1n) is 10.3. The van der Waals surface area contributed by atoms with Gasteiger partial charge in [0.2, 0.25) is 0 Å². The number of hydrogen-bond acceptors (Lipinski definition) is 7. The zero-order valence-electron chi connectivity index (χ0n) is 18.7. The van der Waals surface area contributed by atoms with E-state index >= 15 is 0 Å². The third-order valence-electron chi connectivity index (χ3n) is 4.92. The Bertz CT molecular complexity index is 1360. The Morgan fingerprint density at radius 2 is 1.77 bits per heavy atom. The highest BCUT2D eigenvalue weighted by Gasteiger charge is 2.10. The topological polar surface area (TPSA) is 84.8 Å². The molecule has 0 radical (unpaired) electrons. The summed E-state index contributed by atoms with van der Waals surface area (Å²) in [5.41, 5.74) is 6.31. The van der Waals surface area contributed by atoms with Crippen LogP contribution < -0.4 is 20.2 Å². The Morgan fingerprint density at radius 1 is 1.06 bits per heavy atom. The number of anilines is 2. The van der Waals surface area contributed by atoms with Gasteiger partial charge in [-0.2, -0.15) is 5.10 Å². The minimum atomic E-state index is -0.331. The molecule has 0 fully saturated rings. The number of carbonyl (C=O) groups excluding carboxylic acids is 1. The summed E-state index contributed by atoms with van der Waals surface area (Å²) in [6.07, 6.45) is 1.51. The Hall–Kier alpha value is -3.40. The van der Waals surface area contributed by atoms with Gasteiger partial charge in [0.25, 0.3) is 5.91 Å². The van der Waals surface area contributed by atoms with Crippen LogP contribution in [-0.4, -0.2) is 31.3 Å². The van der Waals surface area contributed by atoms with Crippen molar-refractivity contribution >= 4 is 61.8 Å². The molecule has 1 aromatic heterocycles. The number of nitrogens with zero attached hydrogens (tertiary/aromatic N) is 2. The van der Waals surface area contributed by atoms with Crippen LogP contribution in [0.1, 0.15) is 15.9 Å². The minimum absolute atomic E-state index is 0.331. The van der Waals surface area contributed by atoms with Gasteiger partial charge >= 0.3 is 0 Å². The van der Waals surface area contributed by atoms with E-state index in [9.17, 15) is 4.79 Å². The summed E-state index contributed by atoms with van der Waals surface area (Å²) < 4.78 is 11.4. The lowest BCUT2D eigenvalue weighted by Crippen LogP contribution is -2.17. The van der Waals surface area contributed by atoms with Crippen LogP contribution in [0, 0.1) is 0 Å². The van der Waals surface area contributed by atoms with Gasteiger partial charge in [0.05, 0.1) is 30.6 Å². The first kappa shape index (κ1) is 24.7. The molecule has 1 amide bonds. The quantitative estimate of drug-likeness (QED) is 0.180. The van der Waals surface area contributed by atoms with Crippen molar-refractivity contribution in [1.82, 2.24) is 10.4 Å². The predicted octanol–water partition coefficient (Wildman–Crippen LogP) is 6.75. The normalized spacial score (nSPS) is 10.9. The second-order valence-electron chi connectivity index (χ2n) is 7.17. The van der Waals surface area contributed by atoms with Gasteiger partial charge in [0.1, 0.15) is 11.5 Å². The summed E-state index contributed by atoms with van der Waals surface area (Å²) in [4.78, 5) is 17.1. The van der Waals surface area contributed by atoms with Crippen LogP contribution in [-0.2, 0) is 0 Å². The maximum Gasteiger partial charge on any atom is 0.271 e. The lowest BCUT2D eigenvalue weighted by molar-refractivity contribution is 0.0955. The molecule has 3 aromatic carbocycles. The lowest BCUT2D eigenvalue weighted by Gasteiger charge is -2.09. The van der Waals surface area contributed by atoms with Crippen LogP contribution in [0.2, 0.25) is 5.02 Å². The fraction of sp³-hybridized carbons (Fsp3) is 0.0800. The summed E-state index contributed by atoms with van der Waals surface area (Å²) >= 11 is 10.9. The van der Waals surface area contributed by atoms with E-state index in [0.29, 0.717) is 27.6 Å². The molecule has 0 spiro atoms. The monoisotopic (exact) mass is 570 g/mol. The molecule has 1 heterocycles. The number of ether oxygens (including phenoxy) is 2. The number of thiazole rings is 1.